The van der Waals surface area contributed by atoms with E-state index in [1.165, 1.54) is 29.6 Å². The van der Waals surface area contributed by atoms with E-state index in [2.05, 4.69) is 34.8 Å². The fourth-order valence-corrected chi connectivity index (χ4v) is 4.12. The summed E-state index contributed by atoms with van der Waals surface area (Å²) in [5.74, 6) is 0.255. The van der Waals surface area contributed by atoms with Crippen LogP contribution in [0.3, 0.4) is 0 Å². The quantitative estimate of drug-likeness (QED) is 0.473. The molecule has 6 nitrogen and oxygen atoms in total. The van der Waals surface area contributed by atoms with Crippen molar-refractivity contribution >= 4 is 45.5 Å². The number of carbonyl (C=O) groups is 1. The highest BCUT2D eigenvalue weighted by Gasteiger charge is 2.21. The number of nitrogens with one attached hydrogen (secondary N) is 2. The highest BCUT2D eigenvalue weighted by molar-refractivity contribution is 7.80. The average molecular weight is 415 g/mol. The largest absolute Gasteiger partial charge is 0.465 e. The van der Waals surface area contributed by atoms with Crippen LogP contribution in [0.25, 0.3) is 0 Å². The molecule has 1 aromatic carbocycles. The first-order valence-corrected chi connectivity index (χ1v) is 9.95. The maximum absolute atomic E-state index is 12.1. The highest BCUT2D eigenvalue weighted by atomic mass is 32.1. The first-order chi connectivity index (χ1) is 13.4. The van der Waals surface area contributed by atoms with Crippen LogP contribution in [0.1, 0.15) is 31.9 Å². The van der Waals surface area contributed by atoms with Gasteiger partial charge in [0.2, 0.25) is 0 Å². The van der Waals surface area contributed by atoms with Gasteiger partial charge in [0.25, 0.3) is 0 Å². The fraction of sp³-hybridized carbons (Fsp3) is 0.250. The zero-order valence-corrected chi connectivity index (χ0v) is 17.8. The molecule has 146 valence electrons. The van der Waals surface area contributed by atoms with Crippen molar-refractivity contribution in [2.45, 2.75) is 27.3 Å². The van der Waals surface area contributed by atoms with Gasteiger partial charge in [-0.25, -0.2) is 4.79 Å². The zero-order valence-electron chi connectivity index (χ0n) is 16.2. The summed E-state index contributed by atoms with van der Waals surface area (Å²) < 4.78 is 6.74. The molecule has 0 radical (unpaired) electrons. The van der Waals surface area contributed by atoms with Crippen LogP contribution in [0.2, 0.25) is 0 Å². The zero-order chi connectivity index (χ0) is 20.3. The number of ether oxygens (including phenoxy) is 1. The minimum atomic E-state index is -0.380. The van der Waals surface area contributed by atoms with Gasteiger partial charge in [-0.15, -0.1) is 11.3 Å². The Morgan fingerprint density at radius 3 is 2.68 bits per heavy atom. The smallest absolute Gasteiger partial charge is 0.341 e. The number of hydrogen-bond acceptors (Lipinski definition) is 5. The van der Waals surface area contributed by atoms with E-state index < -0.39 is 0 Å². The summed E-state index contributed by atoms with van der Waals surface area (Å²) in [5, 5.41) is 11.7. The summed E-state index contributed by atoms with van der Waals surface area (Å²) in [6, 6.07) is 10.1. The van der Waals surface area contributed by atoms with Crippen molar-refractivity contribution in [1.82, 2.24) is 9.78 Å². The number of aromatic nitrogens is 2. The van der Waals surface area contributed by atoms with Crippen LogP contribution in [-0.2, 0) is 11.3 Å². The van der Waals surface area contributed by atoms with Crippen molar-refractivity contribution in [3.05, 3.63) is 63.7 Å². The molecule has 28 heavy (non-hydrogen) atoms. The van der Waals surface area contributed by atoms with E-state index in [4.69, 9.17) is 17.0 Å². The van der Waals surface area contributed by atoms with Gasteiger partial charge >= 0.3 is 5.97 Å². The number of rotatable bonds is 5. The van der Waals surface area contributed by atoms with Gasteiger partial charge in [0.15, 0.2) is 10.9 Å². The molecule has 0 atom stereocenters. The molecule has 0 amide bonds. The van der Waals surface area contributed by atoms with Crippen LogP contribution < -0.4 is 10.6 Å². The number of benzene rings is 1. The molecule has 2 aromatic heterocycles. The second-order valence-electron chi connectivity index (χ2n) is 6.38. The molecule has 0 fully saturated rings. The van der Waals surface area contributed by atoms with Crippen molar-refractivity contribution in [1.29, 1.82) is 0 Å². The molecular formula is C20H22N4O2S2. The molecule has 8 heteroatoms. The van der Waals surface area contributed by atoms with Crippen LogP contribution >= 0.6 is 23.6 Å². The Balaban J connectivity index is 1.68. The number of anilines is 2. The number of methoxy groups -OCH3 is 1. The van der Waals surface area contributed by atoms with E-state index in [0.29, 0.717) is 28.0 Å². The number of carbonyl (C=O) groups excluding carboxylic acids is 1. The van der Waals surface area contributed by atoms with Crippen LogP contribution in [0.4, 0.5) is 10.8 Å². The van der Waals surface area contributed by atoms with Gasteiger partial charge in [0.1, 0.15) is 5.00 Å². The molecule has 0 saturated carbocycles. The van der Waals surface area contributed by atoms with Crippen LogP contribution in [0, 0.1) is 20.8 Å². The van der Waals surface area contributed by atoms with E-state index >= 15 is 0 Å². The van der Waals surface area contributed by atoms with Crippen molar-refractivity contribution in [3.63, 3.8) is 0 Å². The SMILES string of the molecule is COC(=O)c1c(NC(=S)Nc2ccn(Cc3ccccc3C)n2)sc(C)c1C. The van der Waals surface area contributed by atoms with Gasteiger partial charge in [0.05, 0.1) is 19.2 Å². The lowest BCUT2D eigenvalue weighted by Crippen LogP contribution is -2.20. The molecule has 0 aliphatic heterocycles. The Labute approximate surface area is 173 Å². The van der Waals surface area contributed by atoms with Crippen molar-refractivity contribution in [3.8, 4) is 0 Å². The van der Waals surface area contributed by atoms with Crippen molar-refractivity contribution in [2.24, 2.45) is 0 Å². The van der Waals surface area contributed by atoms with E-state index in [0.717, 1.165) is 10.4 Å². The summed E-state index contributed by atoms with van der Waals surface area (Å²) in [4.78, 5) is 13.1. The number of esters is 1. The van der Waals surface area contributed by atoms with E-state index in [-0.39, 0.29) is 5.97 Å². The number of thiophene rings is 1. The van der Waals surface area contributed by atoms with Gasteiger partial charge in [-0.3, -0.25) is 4.68 Å². The number of nitrogens with zero attached hydrogens (tertiary/aromatic N) is 2. The van der Waals surface area contributed by atoms with Gasteiger partial charge in [-0.2, -0.15) is 5.10 Å². The van der Waals surface area contributed by atoms with Crippen molar-refractivity contribution in [2.75, 3.05) is 17.7 Å². The molecule has 0 spiro atoms. The van der Waals surface area contributed by atoms with Crippen LogP contribution in [0.5, 0.6) is 0 Å². The Hall–Kier alpha value is -2.71. The molecule has 0 aliphatic carbocycles. The van der Waals surface area contributed by atoms with Gasteiger partial charge in [0, 0.05) is 17.1 Å². The third kappa shape index (κ3) is 4.40. The lowest BCUT2D eigenvalue weighted by Gasteiger charge is -2.09. The Morgan fingerprint density at radius 1 is 1.21 bits per heavy atom. The third-order valence-electron chi connectivity index (χ3n) is 4.48. The summed E-state index contributed by atoms with van der Waals surface area (Å²) in [6.07, 6.45) is 1.90. The number of aryl methyl sites for hydroxylation is 2. The number of hydrogen-bond donors (Lipinski definition) is 2. The lowest BCUT2D eigenvalue weighted by molar-refractivity contribution is 0.0601. The second kappa shape index (κ2) is 8.53. The maximum atomic E-state index is 12.1. The molecule has 3 rings (SSSR count). The summed E-state index contributed by atoms with van der Waals surface area (Å²) in [6.45, 7) is 6.62. The predicted molar refractivity (Wildman–Crippen MR) is 117 cm³/mol. The monoisotopic (exact) mass is 414 g/mol. The molecule has 0 unspecified atom stereocenters. The molecular weight excluding hydrogens is 392 g/mol. The summed E-state index contributed by atoms with van der Waals surface area (Å²) in [7, 11) is 1.37. The molecule has 2 N–H and O–H groups in total. The fourth-order valence-electron chi connectivity index (χ4n) is 2.79. The molecule has 3 aromatic rings. The minimum absolute atomic E-state index is 0.368. The van der Waals surface area contributed by atoms with E-state index in [1.54, 1.807) is 0 Å². The van der Waals surface area contributed by atoms with Gasteiger partial charge in [-0.05, 0) is 49.7 Å². The molecule has 2 heterocycles. The molecule has 0 aliphatic rings. The lowest BCUT2D eigenvalue weighted by atomic mass is 10.1. The average Bonchev–Trinajstić information content (AvgIpc) is 3.20. The molecule has 0 bridgehead atoms. The van der Waals surface area contributed by atoms with Gasteiger partial charge < -0.3 is 15.4 Å². The predicted octanol–water partition coefficient (Wildman–Crippen LogP) is 4.51. The first kappa shape index (κ1) is 20.0. The normalized spacial score (nSPS) is 10.6. The summed E-state index contributed by atoms with van der Waals surface area (Å²) in [5.41, 5.74) is 3.84. The second-order valence-corrected chi connectivity index (χ2v) is 8.02. The van der Waals surface area contributed by atoms with Gasteiger partial charge in [-0.1, -0.05) is 24.3 Å². The first-order valence-electron chi connectivity index (χ1n) is 8.73. The van der Waals surface area contributed by atoms with Crippen LogP contribution in [-0.4, -0.2) is 28.0 Å². The topological polar surface area (TPSA) is 68.2 Å². The minimum Gasteiger partial charge on any atom is -0.465 e. The third-order valence-corrected chi connectivity index (χ3v) is 5.80. The standard InChI is InChI=1S/C20H22N4O2S2/c1-12-7-5-6-8-15(12)11-24-10-9-16(23-24)21-20(27)22-18-17(19(25)26-4)13(2)14(3)28-18/h5-10H,11H2,1-4H3,(H2,21,22,23,27). The van der Waals surface area contributed by atoms with E-state index in [1.807, 2.05) is 42.9 Å². The van der Waals surface area contributed by atoms with Crippen molar-refractivity contribution < 1.29 is 9.53 Å². The molecule has 0 saturated heterocycles. The Bertz CT molecular complexity index is 1020. The van der Waals surface area contributed by atoms with Crippen LogP contribution in [0.15, 0.2) is 36.5 Å². The van der Waals surface area contributed by atoms with E-state index in [9.17, 15) is 4.79 Å². The Kier molecular flexibility index (Phi) is 6.11. The highest BCUT2D eigenvalue weighted by Crippen LogP contribution is 2.33. The maximum Gasteiger partial charge on any atom is 0.341 e. The summed E-state index contributed by atoms with van der Waals surface area (Å²) >= 11 is 6.86. The number of thiocarbonyl (C=S) groups is 1. The Morgan fingerprint density at radius 2 is 1.96 bits per heavy atom.